The summed E-state index contributed by atoms with van der Waals surface area (Å²) in [4.78, 5) is 33.3. The molecule has 0 aromatic carbocycles. The number of aryl methyl sites for hydroxylation is 3. The lowest BCUT2D eigenvalue weighted by molar-refractivity contribution is 0.0951. The summed E-state index contributed by atoms with van der Waals surface area (Å²) in [7, 11) is 1.90. The SMILES string of the molecule is Cc1cnc(N2Cc3ccc(n3C(=O)c3ccc(Nc4nc(-c5cc(C)nn5C)cs4)nc3)C2)nc1. The van der Waals surface area contributed by atoms with Gasteiger partial charge in [0.05, 0.1) is 30.0 Å². The van der Waals surface area contributed by atoms with E-state index in [-0.39, 0.29) is 5.91 Å². The standard InChI is InChI=1S/C25H23N9OS/c1-15-9-27-24(28-10-15)33-12-18-5-6-19(13-33)34(18)23(35)17-4-7-22(26-11-17)30-25-29-20(14-36-25)21-8-16(2)31-32(21)3/h4-11,14H,12-13H2,1-3H3,(H,26,29,30). The van der Waals surface area contributed by atoms with E-state index in [0.29, 0.717) is 30.4 Å². The van der Waals surface area contributed by atoms with Crippen molar-refractivity contribution < 1.29 is 4.79 Å². The first-order valence-corrected chi connectivity index (χ1v) is 12.3. The number of nitrogens with zero attached hydrogens (tertiary/aromatic N) is 8. The highest BCUT2D eigenvalue weighted by Crippen LogP contribution is 2.28. The summed E-state index contributed by atoms with van der Waals surface area (Å²) in [6.45, 7) is 5.04. The lowest BCUT2D eigenvalue weighted by atomic mass is 10.2. The van der Waals surface area contributed by atoms with E-state index in [1.165, 1.54) is 11.3 Å². The van der Waals surface area contributed by atoms with Crippen LogP contribution in [0.4, 0.5) is 16.9 Å². The molecule has 1 N–H and O–H groups in total. The van der Waals surface area contributed by atoms with Crippen molar-refractivity contribution in [3.8, 4) is 11.4 Å². The molecular formula is C25H23N9OS. The molecule has 6 heterocycles. The summed E-state index contributed by atoms with van der Waals surface area (Å²) in [5, 5.41) is 10.3. The number of fused-ring (bicyclic) bond motifs is 2. The van der Waals surface area contributed by atoms with Gasteiger partial charge in [0.15, 0.2) is 5.13 Å². The van der Waals surface area contributed by atoms with Crippen molar-refractivity contribution in [2.24, 2.45) is 7.05 Å². The average molecular weight is 498 g/mol. The van der Waals surface area contributed by atoms with Crippen molar-refractivity contribution in [2.75, 3.05) is 10.2 Å². The zero-order valence-corrected chi connectivity index (χ0v) is 20.8. The normalized spacial score (nSPS) is 12.7. The Morgan fingerprint density at radius 1 is 1.00 bits per heavy atom. The predicted octanol–water partition coefficient (Wildman–Crippen LogP) is 4.10. The lowest BCUT2D eigenvalue weighted by Crippen LogP contribution is -2.33. The fraction of sp³-hybridized carbons (Fsp3) is 0.200. The Balaban J connectivity index is 1.16. The number of pyridine rings is 1. The quantitative estimate of drug-likeness (QED) is 0.387. The van der Waals surface area contributed by atoms with Crippen LogP contribution in [-0.4, -0.2) is 40.2 Å². The molecule has 0 atom stereocenters. The molecule has 2 bridgehead atoms. The van der Waals surface area contributed by atoms with E-state index >= 15 is 0 Å². The first-order valence-electron chi connectivity index (χ1n) is 11.4. The minimum atomic E-state index is -0.100. The van der Waals surface area contributed by atoms with Crippen LogP contribution in [0.3, 0.4) is 0 Å². The molecule has 6 rings (SSSR count). The van der Waals surface area contributed by atoms with Gasteiger partial charge in [-0.2, -0.15) is 5.10 Å². The van der Waals surface area contributed by atoms with E-state index in [1.807, 2.05) is 49.2 Å². The number of hydrogen-bond acceptors (Lipinski definition) is 9. The van der Waals surface area contributed by atoms with Crippen LogP contribution in [0.15, 0.2) is 54.3 Å². The van der Waals surface area contributed by atoms with Crippen LogP contribution in [0.1, 0.15) is 33.0 Å². The highest BCUT2D eigenvalue weighted by atomic mass is 32.1. The van der Waals surface area contributed by atoms with Crippen molar-refractivity contribution in [1.82, 2.24) is 34.3 Å². The van der Waals surface area contributed by atoms with Gasteiger partial charge >= 0.3 is 0 Å². The number of carbonyl (C=O) groups is 1. The van der Waals surface area contributed by atoms with Crippen molar-refractivity contribution in [1.29, 1.82) is 0 Å². The molecular weight excluding hydrogens is 474 g/mol. The van der Waals surface area contributed by atoms with Crippen LogP contribution >= 0.6 is 11.3 Å². The number of nitrogens with one attached hydrogen (secondary N) is 1. The lowest BCUT2D eigenvalue weighted by Gasteiger charge is -2.28. The van der Waals surface area contributed by atoms with Gasteiger partial charge in [-0.15, -0.1) is 11.3 Å². The molecule has 180 valence electrons. The van der Waals surface area contributed by atoms with Gasteiger partial charge < -0.3 is 10.2 Å². The number of hydrogen-bond donors (Lipinski definition) is 1. The van der Waals surface area contributed by atoms with E-state index in [4.69, 9.17) is 0 Å². The Bertz CT molecular complexity index is 1540. The molecule has 0 amide bonds. The highest BCUT2D eigenvalue weighted by Gasteiger charge is 2.26. The molecule has 0 fully saturated rings. The maximum atomic E-state index is 13.3. The third-order valence-corrected chi connectivity index (χ3v) is 6.77. The Labute approximate surface area is 211 Å². The van der Waals surface area contributed by atoms with Crippen LogP contribution in [0, 0.1) is 13.8 Å². The summed E-state index contributed by atoms with van der Waals surface area (Å²) < 4.78 is 3.58. The maximum Gasteiger partial charge on any atom is 0.264 e. The zero-order valence-electron chi connectivity index (χ0n) is 20.0. The summed E-state index contributed by atoms with van der Waals surface area (Å²) in [6.07, 6.45) is 5.20. The molecule has 5 aromatic rings. The van der Waals surface area contributed by atoms with E-state index < -0.39 is 0 Å². The molecule has 1 aliphatic heterocycles. The summed E-state index contributed by atoms with van der Waals surface area (Å²) in [5.41, 5.74) is 6.08. The maximum absolute atomic E-state index is 13.3. The molecule has 0 spiro atoms. The van der Waals surface area contributed by atoms with Crippen LogP contribution in [0.25, 0.3) is 11.4 Å². The van der Waals surface area contributed by atoms with Crippen molar-refractivity contribution >= 4 is 34.1 Å². The second-order valence-electron chi connectivity index (χ2n) is 8.76. The molecule has 0 radical (unpaired) electrons. The van der Waals surface area contributed by atoms with Crippen molar-refractivity contribution in [2.45, 2.75) is 26.9 Å². The van der Waals surface area contributed by atoms with Gasteiger partial charge in [0.25, 0.3) is 5.91 Å². The molecule has 0 unspecified atom stereocenters. The van der Waals surface area contributed by atoms with Gasteiger partial charge in [-0.3, -0.25) is 14.0 Å². The molecule has 11 heteroatoms. The van der Waals surface area contributed by atoms with Crippen molar-refractivity contribution in [3.05, 3.63) is 82.5 Å². The van der Waals surface area contributed by atoms with Gasteiger partial charge in [0.2, 0.25) is 5.95 Å². The van der Waals surface area contributed by atoms with Gasteiger partial charge in [-0.25, -0.2) is 19.9 Å². The van der Waals surface area contributed by atoms with Gasteiger partial charge in [-0.05, 0) is 49.7 Å². The minimum Gasteiger partial charge on any atom is -0.329 e. The molecule has 0 aliphatic carbocycles. The molecule has 10 nitrogen and oxygen atoms in total. The van der Waals surface area contributed by atoms with E-state index in [0.717, 1.165) is 39.2 Å². The summed E-state index contributed by atoms with van der Waals surface area (Å²) in [5.74, 6) is 1.18. The largest absolute Gasteiger partial charge is 0.329 e. The highest BCUT2D eigenvalue weighted by molar-refractivity contribution is 7.14. The molecule has 5 aromatic heterocycles. The van der Waals surface area contributed by atoms with E-state index in [9.17, 15) is 4.79 Å². The van der Waals surface area contributed by atoms with Crippen LogP contribution < -0.4 is 10.2 Å². The molecule has 0 saturated carbocycles. The first-order chi connectivity index (χ1) is 17.4. The Morgan fingerprint density at radius 2 is 1.75 bits per heavy atom. The third-order valence-electron chi connectivity index (χ3n) is 6.02. The monoisotopic (exact) mass is 497 g/mol. The number of anilines is 3. The topological polar surface area (TPSA) is 107 Å². The summed E-state index contributed by atoms with van der Waals surface area (Å²) >= 11 is 1.49. The van der Waals surface area contributed by atoms with Crippen LogP contribution in [0.5, 0.6) is 0 Å². The number of aromatic nitrogens is 7. The minimum absolute atomic E-state index is 0.100. The number of carbonyl (C=O) groups excluding carboxylic acids is 1. The van der Waals surface area contributed by atoms with Gasteiger partial charge in [0.1, 0.15) is 11.5 Å². The number of rotatable bonds is 5. The van der Waals surface area contributed by atoms with Gasteiger partial charge in [-0.1, -0.05) is 0 Å². The molecule has 1 aliphatic rings. The predicted molar refractivity (Wildman–Crippen MR) is 137 cm³/mol. The average Bonchev–Trinajstić information content (AvgIpc) is 3.54. The summed E-state index contributed by atoms with van der Waals surface area (Å²) in [6, 6.07) is 9.54. The van der Waals surface area contributed by atoms with E-state index in [1.54, 1.807) is 35.3 Å². The third kappa shape index (κ3) is 4.03. The fourth-order valence-electron chi connectivity index (χ4n) is 4.30. The second-order valence-corrected chi connectivity index (χ2v) is 9.62. The fourth-order valence-corrected chi connectivity index (χ4v) is 5.01. The van der Waals surface area contributed by atoms with E-state index in [2.05, 4.69) is 35.3 Å². The van der Waals surface area contributed by atoms with Crippen LogP contribution in [0.2, 0.25) is 0 Å². The Hall–Kier alpha value is -4.38. The van der Waals surface area contributed by atoms with Crippen molar-refractivity contribution in [3.63, 3.8) is 0 Å². The number of thiazole rings is 1. The van der Waals surface area contributed by atoms with Crippen LogP contribution in [-0.2, 0) is 20.1 Å². The smallest absolute Gasteiger partial charge is 0.264 e. The molecule has 0 saturated heterocycles. The van der Waals surface area contributed by atoms with Gasteiger partial charge in [0, 0.05) is 42.4 Å². The first kappa shape index (κ1) is 22.1. The Morgan fingerprint density at radius 3 is 2.39 bits per heavy atom. The Kier molecular flexibility index (Phi) is 5.33. The zero-order chi connectivity index (χ0) is 24.8. The second kappa shape index (κ2) is 8.68. The molecule has 36 heavy (non-hydrogen) atoms.